The Bertz CT molecular complexity index is 223. The van der Waals surface area contributed by atoms with Gasteiger partial charge in [-0.3, -0.25) is 4.90 Å². The summed E-state index contributed by atoms with van der Waals surface area (Å²) in [5, 5.41) is 18.2. The lowest BCUT2D eigenvalue weighted by Crippen LogP contribution is -2.38. The zero-order valence-electron chi connectivity index (χ0n) is 9.46. The van der Waals surface area contributed by atoms with E-state index in [4.69, 9.17) is 10.5 Å². The van der Waals surface area contributed by atoms with Crippen LogP contribution in [0.2, 0.25) is 0 Å². The second-order valence-electron chi connectivity index (χ2n) is 3.80. The van der Waals surface area contributed by atoms with Gasteiger partial charge in [-0.25, -0.2) is 0 Å². The Hall–Kier alpha value is -0.580. The molecule has 0 saturated heterocycles. The molecule has 0 aromatic carbocycles. The predicted octanol–water partition coefficient (Wildman–Crippen LogP) is 2.54. The molecule has 0 rings (SSSR count). The molecule has 0 heterocycles. The third-order valence-corrected chi connectivity index (χ3v) is 4.12. The van der Waals surface area contributed by atoms with Crippen LogP contribution in [0.3, 0.4) is 0 Å². The summed E-state index contributed by atoms with van der Waals surface area (Å²) in [7, 11) is 0. The maximum Gasteiger partial charge on any atom is 0.0874 e. The van der Waals surface area contributed by atoms with Crippen LogP contribution in [0.4, 0.5) is 0 Å². The van der Waals surface area contributed by atoms with Crippen LogP contribution in [-0.4, -0.2) is 29.9 Å². The van der Waals surface area contributed by atoms with Gasteiger partial charge in [-0.15, -0.1) is 0 Å². The fraction of sp³-hybridized carbons (Fsp3) is 0.818. The number of nitriles is 2. The molecule has 0 saturated carbocycles. The van der Waals surface area contributed by atoms with E-state index in [9.17, 15) is 0 Å². The molecule has 15 heavy (non-hydrogen) atoms. The highest BCUT2D eigenvalue weighted by atomic mass is 79.9. The molecule has 0 aliphatic carbocycles. The van der Waals surface area contributed by atoms with Crippen LogP contribution in [0.1, 0.15) is 26.7 Å². The van der Waals surface area contributed by atoms with Crippen LogP contribution in [0.25, 0.3) is 0 Å². The first-order valence-electron chi connectivity index (χ1n) is 5.20. The fourth-order valence-corrected chi connectivity index (χ4v) is 2.52. The van der Waals surface area contributed by atoms with Crippen molar-refractivity contribution in [2.45, 2.75) is 26.7 Å². The minimum Gasteiger partial charge on any atom is -0.277 e. The van der Waals surface area contributed by atoms with Crippen LogP contribution < -0.4 is 0 Å². The van der Waals surface area contributed by atoms with Crippen molar-refractivity contribution in [2.75, 3.05) is 25.0 Å². The van der Waals surface area contributed by atoms with Gasteiger partial charge in [0.15, 0.2) is 0 Å². The number of halogens is 1. The number of hydrogen-bond acceptors (Lipinski definition) is 3. The molecule has 0 atom stereocenters. The molecule has 84 valence electrons. The van der Waals surface area contributed by atoms with Crippen molar-refractivity contribution in [3.8, 4) is 12.1 Å². The summed E-state index contributed by atoms with van der Waals surface area (Å²) in [5.41, 5.74) is 0.188. The van der Waals surface area contributed by atoms with Crippen LogP contribution in [0.15, 0.2) is 0 Å². The molecule has 0 spiro atoms. The third-order valence-electron chi connectivity index (χ3n) is 2.93. The largest absolute Gasteiger partial charge is 0.277 e. The van der Waals surface area contributed by atoms with Crippen LogP contribution in [0.5, 0.6) is 0 Å². The summed E-state index contributed by atoms with van der Waals surface area (Å²) in [4.78, 5) is 1.91. The van der Waals surface area contributed by atoms with E-state index in [2.05, 4.69) is 41.9 Å². The fourth-order valence-electron chi connectivity index (χ4n) is 1.55. The monoisotopic (exact) mass is 271 g/mol. The molecule has 0 bridgehead atoms. The summed E-state index contributed by atoms with van der Waals surface area (Å²) in [6.45, 7) is 5.79. The summed E-state index contributed by atoms with van der Waals surface area (Å²) in [6.07, 6.45) is 2.12. The molecule has 4 heteroatoms. The summed E-state index contributed by atoms with van der Waals surface area (Å²) >= 11 is 3.53. The van der Waals surface area contributed by atoms with Gasteiger partial charge in [-0.2, -0.15) is 10.5 Å². The first kappa shape index (κ1) is 14.4. The van der Waals surface area contributed by atoms with E-state index < -0.39 is 0 Å². The van der Waals surface area contributed by atoms with Crippen LogP contribution >= 0.6 is 15.9 Å². The molecule has 0 aliphatic rings. The minimum atomic E-state index is 0.188. The summed E-state index contributed by atoms with van der Waals surface area (Å²) in [5.74, 6) is 0. The van der Waals surface area contributed by atoms with E-state index >= 15 is 0 Å². The first-order valence-corrected chi connectivity index (χ1v) is 6.32. The van der Waals surface area contributed by atoms with E-state index in [1.165, 1.54) is 0 Å². The lowest BCUT2D eigenvalue weighted by atomic mass is 9.84. The van der Waals surface area contributed by atoms with Gasteiger partial charge in [0.05, 0.1) is 25.2 Å². The average molecular weight is 272 g/mol. The second-order valence-corrected chi connectivity index (χ2v) is 4.36. The maximum atomic E-state index is 8.67. The van der Waals surface area contributed by atoms with E-state index in [1.807, 2.05) is 4.90 Å². The van der Waals surface area contributed by atoms with Gasteiger partial charge in [0.2, 0.25) is 0 Å². The van der Waals surface area contributed by atoms with Gasteiger partial charge in [0.1, 0.15) is 0 Å². The quantitative estimate of drug-likeness (QED) is 0.528. The molecule has 0 aliphatic heterocycles. The van der Waals surface area contributed by atoms with Gasteiger partial charge < -0.3 is 0 Å². The molecule has 0 amide bonds. The molecule has 0 radical (unpaired) electrons. The number of nitrogens with zero attached hydrogens (tertiary/aromatic N) is 3. The van der Waals surface area contributed by atoms with Crippen LogP contribution in [0, 0.1) is 28.1 Å². The highest BCUT2D eigenvalue weighted by Crippen LogP contribution is 2.29. The van der Waals surface area contributed by atoms with E-state index in [0.29, 0.717) is 13.1 Å². The molecule has 0 fully saturated rings. The third kappa shape index (κ3) is 4.64. The van der Waals surface area contributed by atoms with Crippen molar-refractivity contribution in [1.29, 1.82) is 10.5 Å². The number of alkyl halides is 1. The number of rotatable bonds is 7. The van der Waals surface area contributed by atoms with Gasteiger partial charge in [0, 0.05) is 11.9 Å². The minimum absolute atomic E-state index is 0.188. The SMILES string of the molecule is CCC(CC)(CBr)CN(CC#N)CC#N. The Morgan fingerprint density at radius 2 is 1.60 bits per heavy atom. The zero-order valence-corrected chi connectivity index (χ0v) is 11.0. The summed E-state index contributed by atoms with van der Waals surface area (Å²) in [6, 6.07) is 4.21. The Labute approximate surface area is 101 Å². The zero-order chi connectivity index (χ0) is 11.7. The van der Waals surface area contributed by atoms with Gasteiger partial charge >= 0.3 is 0 Å². The van der Waals surface area contributed by atoms with Crippen molar-refractivity contribution in [2.24, 2.45) is 5.41 Å². The second kappa shape index (κ2) is 7.68. The van der Waals surface area contributed by atoms with Gasteiger partial charge in [0.25, 0.3) is 0 Å². The van der Waals surface area contributed by atoms with Crippen molar-refractivity contribution in [1.82, 2.24) is 4.90 Å². The predicted molar refractivity (Wildman–Crippen MR) is 64.5 cm³/mol. The highest BCUT2D eigenvalue weighted by Gasteiger charge is 2.27. The lowest BCUT2D eigenvalue weighted by molar-refractivity contribution is 0.186. The maximum absolute atomic E-state index is 8.67. The van der Waals surface area contributed by atoms with Crippen molar-refractivity contribution < 1.29 is 0 Å². The molecule has 3 nitrogen and oxygen atoms in total. The smallest absolute Gasteiger partial charge is 0.0874 e. The van der Waals surface area contributed by atoms with Crippen molar-refractivity contribution >= 4 is 15.9 Å². The molecule has 0 aromatic heterocycles. The van der Waals surface area contributed by atoms with E-state index in [1.54, 1.807) is 0 Å². The Morgan fingerprint density at radius 3 is 1.87 bits per heavy atom. The number of hydrogen-bond donors (Lipinski definition) is 0. The average Bonchev–Trinajstić information content (AvgIpc) is 2.27. The van der Waals surface area contributed by atoms with E-state index in [0.717, 1.165) is 24.7 Å². The molecule has 0 N–H and O–H groups in total. The Morgan fingerprint density at radius 1 is 1.13 bits per heavy atom. The molecule has 0 unspecified atom stereocenters. The molecular weight excluding hydrogens is 254 g/mol. The normalized spacial score (nSPS) is 11.1. The van der Waals surface area contributed by atoms with Gasteiger partial charge in [-0.05, 0) is 18.3 Å². The van der Waals surface area contributed by atoms with Crippen LogP contribution in [-0.2, 0) is 0 Å². The summed E-state index contributed by atoms with van der Waals surface area (Å²) < 4.78 is 0. The first-order chi connectivity index (χ1) is 7.17. The van der Waals surface area contributed by atoms with Crippen molar-refractivity contribution in [3.63, 3.8) is 0 Å². The molecular formula is C11H18BrN3. The highest BCUT2D eigenvalue weighted by molar-refractivity contribution is 9.09. The standard InChI is InChI=1S/C11H18BrN3/c1-3-11(4-2,9-12)10-15(7-5-13)8-6-14/h3-4,7-10H2,1-2H3. The van der Waals surface area contributed by atoms with Crippen molar-refractivity contribution in [3.05, 3.63) is 0 Å². The van der Waals surface area contributed by atoms with Gasteiger partial charge in [-0.1, -0.05) is 29.8 Å². The molecule has 0 aromatic rings. The lowest BCUT2D eigenvalue weighted by Gasteiger charge is -2.33. The Kier molecular flexibility index (Phi) is 7.38. The Balaban J connectivity index is 4.47. The van der Waals surface area contributed by atoms with E-state index in [-0.39, 0.29) is 5.41 Å². The topological polar surface area (TPSA) is 50.8 Å².